The van der Waals surface area contributed by atoms with Gasteiger partial charge in [-0.25, -0.2) is 0 Å². The Hall–Kier alpha value is -6.98. The Kier molecular flexibility index (Phi) is 9.09. The number of furan rings is 1. The summed E-state index contributed by atoms with van der Waals surface area (Å²) >= 11 is 0. The summed E-state index contributed by atoms with van der Waals surface area (Å²) in [4.78, 5) is 7.70. The molecule has 3 heterocycles. The standard InChI is InChI=1S/C65H62BN3O/c1-40-32-56-61-57(33-40)69(54-37-48-46(34-41(54)2)62(3,4)30-31-63(48,5)6)55-38-49-47(64(7,8)39-65(49,9)10)36-51(55)66(61)50-35-44(67(42-20-13-11-14-21-42)43-22-15-12-16-23-43)28-29-52(50)68(56)53-25-19-27-59-60(53)45-24-17-18-26-58(45)70-59/h11-29,32-38H,30-31,39H2,1-10H3. The Morgan fingerprint density at radius 2 is 0.986 bits per heavy atom. The number of nitrogens with zero attached hydrogens (tertiary/aromatic N) is 3. The first-order valence-corrected chi connectivity index (χ1v) is 25.5. The highest BCUT2D eigenvalue weighted by Gasteiger charge is 2.49. The highest BCUT2D eigenvalue weighted by Crippen LogP contribution is 2.55. The number of fused-ring (bicyclic) bond motifs is 9. The molecule has 0 saturated carbocycles. The Labute approximate surface area is 414 Å². The van der Waals surface area contributed by atoms with Crippen LogP contribution >= 0.6 is 0 Å². The first-order chi connectivity index (χ1) is 33.5. The smallest absolute Gasteiger partial charge is 0.252 e. The van der Waals surface area contributed by atoms with Crippen molar-refractivity contribution in [1.29, 1.82) is 0 Å². The van der Waals surface area contributed by atoms with E-state index in [1.54, 1.807) is 0 Å². The SMILES string of the molecule is Cc1cc2c3c(c1)N(c1cccc4oc5ccccc5c14)c1ccc(N(c4ccccc4)c4ccccc4)cc1B3c1cc3c(cc1N2c1cc2c(cc1C)C(C)(C)CCC2(C)C)C(C)(C)CC3(C)C. The van der Waals surface area contributed by atoms with Crippen LogP contribution in [-0.2, 0) is 21.7 Å². The zero-order chi connectivity index (χ0) is 48.2. The fourth-order valence-corrected chi connectivity index (χ4v) is 13.7. The van der Waals surface area contributed by atoms with Crippen molar-refractivity contribution in [2.75, 3.05) is 14.7 Å². The van der Waals surface area contributed by atoms with Crippen LogP contribution in [0.3, 0.4) is 0 Å². The van der Waals surface area contributed by atoms with E-state index in [2.05, 4.69) is 242 Å². The van der Waals surface area contributed by atoms with E-state index in [1.807, 2.05) is 0 Å². The summed E-state index contributed by atoms with van der Waals surface area (Å²) in [6.45, 7) is 24.3. The van der Waals surface area contributed by atoms with Gasteiger partial charge in [0.05, 0.1) is 11.1 Å². The molecular formula is C65H62BN3O. The molecule has 0 radical (unpaired) electrons. The molecule has 0 atom stereocenters. The lowest BCUT2D eigenvalue weighted by Crippen LogP contribution is -2.61. The fraction of sp³-hybridized carbons (Fsp3) is 0.262. The normalized spacial score (nSPS) is 17.5. The minimum Gasteiger partial charge on any atom is -0.456 e. The van der Waals surface area contributed by atoms with Crippen LogP contribution in [0.1, 0.15) is 108 Å². The number of hydrogen-bond acceptors (Lipinski definition) is 4. The van der Waals surface area contributed by atoms with E-state index in [4.69, 9.17) is 4.42 Å². The van der Waals surface area contributed by atoms with Crippen LogP contribution < -0.4 is 31.1 Å². The first-order valence-electron chi connectivity index (χ1n) is 25.5. The summed E-state index contributed by atoms with van der Waals surface area (Å²) < 4.78 is 6.66. The molecule has 8 aromatic carbocycles. The van der Waals surface area contributed by atoms with Crippen LogP contribution in [0, 0.1) is 13.8 Å². The lowest BCUT2D eigenvalue weighted by atomic mass is 9.33. The van der Waals surface area contributed by atoms with Gasteiger partial charge in [0, 0.05) is 50.9 Å². The maximum Gasteiger partial charge on any atom is 0.252 e. The van der Waals surface area contributed by atoms with Crippen molar-refractivity contribution in [3.63, 3.8) is 0 Å². The van der Waals surface area contributed by atoms with Crippen LogP contribution in [0.2, 0.25) is 0 Å². The van der Waals surface area contributed by atoms with E-state index < -0.39 is 0 Å². The molecule has 0 N–H and O–H groups in total. The van der Waals surface area contributed by atoms with Gasteiger partial charge >= 0.3 is 0 Å². The van der Waals surface area contributed by atoms with Crippen molar-refractivity contribution in [3.05, 3.63) is 191 Å². The van der Waals surface area contributed by atoms with Crippen LogP contribution in [0.4, 0.5) is 51.2 Å². The van der Waals surface area contributed by atoms with Crippen molar-refractivity contribution in [3.8, 4) is 0 Å². The summed E-state index contributed by atoms with van der Waals surface area (Å²) in [6.07, 6.45) is 3.45. The molecule has 0 saturated heterocycles. The molecule has 13 rings (SSSR count). The molecule has 2 aliphatic heterocycles. The molecule has 0 amide bonds. The average molecular weight is 912 g/mol. The van der Waals surface area contributed by atoms with Gasteiger partial charge in [-0.1, -0.05) is 128 Å². The minimum absolute atomic E-state index is 0.00714. The summed E-state index contributed by atoms with van der Waals surface area (Å²) in [5.74, 6) is 0. The van der Waals surface area contributed by atoms with Gasteiger partial charge < -0.3 is 19.1 Å². The monoisotopic (exact) mass is 911 g/mol. The Morgan fingerprint density at radius 3 is 1.66 bits per heavy atom. The number of benzene rings is 8. The highest BCUT2D eigenvalue weighted by molar-refractivity contribution is 7.00. The predicted molar refractivity (Wildman–Crippen MR) is 298 cm³/mol. The second kappa shape index (κ2) is 14.8. The quantitative estimate of drug-likeness (QED) is 0.161. The Balaban J connectivity index is 1.16. The second-order valence-corrected chi connectivity index (χ2v) is 23.7. The van der Waals surface area contributed by atoms with Crippen LogP contribution in [0.25, 0.3) is 21.9 Å². The Morgan fingerprint density at radius 1 is 0.443 bits per heavy atom. The molecule has 5 heteroatoms. The van der Waals surface area contributed by atoms with Crippen LogP contribution in [0.15, 0.2) is 162 Å². The lowest BCUT2D eigenvalue weighted by molar-refractivity contribution is 0.332. The predicted octanol–water partition coefficient (Wildman–Crippen LogP) is 16.1. The van der Waals surface area contributed by atoms with Crippen molar-refractivity contribution in [2.24, 2.45) is 0 Å². The second-order valence-electron chi connectivity index (χ2n) is 23.7. The van der Waals surface area contributed by atoms with Gasteiger partial charge in [-0.2, -0.15) is 0 Å². The molecule has 0 fully saturated rings. The van der Waals surface area contributed by atoms with E-state index >= 15 is 0 Å². The van der Waals surface area contributed by atoms with Gasteiger partial charge in [0.25, 0.3) is 6.71 Å². The summed E-state index contributed by atoms with van der Waals surface area (Å²) in [5.41, 5.74) is 25.2. The molecule has 70 heavy (non-hydrogen) atoms. The molecule has 0 spiro atoms. The maximum absolute atomic E-state index is 6.66. The summed E-state index contributed by atoms with van der Waals surface area (Å²) in [5, 5.41) is 2.25. The van der Waals surface area contributed by atoms with Crippen LogP contribution in [-0.4, -0.2) is 6.71 Å². The third kappa shape index (κ3) is 6.22. The number of aryl methyl sites for hydroxylation is 2. The van der Waals surface area contributed by atoms with E-state index in [9.17, 15) is 0 Å². The molecule has 4 aliphatic rings. The molecule has 0 unspecified atom stereocenters. The molecule has 0 bridgehead atoms. The molecular weight excluding hydrogens is 850 g/mol. The minimum atomic E-state index is -0.0603. The topological polar surface area (TPSA) is 22.9 Å². The van der Waals surface area contributed by atoms with E-state index in [0.717, 1.165) is 57.5 Å². The highest BCUT2D eigenvalue weighted by atomic mass is 16.3. The summed E-state index contributed by atoms with van der Waals surface area (Å²) in [7, 11) is 0. The van der Waals surface area contributed by atoms with Gasteiger partial charge in [-0.3, -0.25) is 0 Å². The average Bonchev–Trinajstić information content (AvgIpc) is 3.80. The molecule has 4 nitrogen and oxygen atoms in total. The zero-order valence-electron chi connectivity index (χ0n) is 42.5. The van der Waals surface area contributed by atoms with Gasteiger partial charge in [0.1, 0.15) is 11.2 Å². The van der Waals surface area contributed by atoms with Gasteiger partial charge in [-0.15, -0.1) is 0 Å². The lowest BCUT2D eigenvalue weighted by Gasteiger charge is -2.46. The van der Waals surface area contributed by atoms with Crippen molar-refractivity contribution >= 4 is 96.2 Å². The third-order valence-electron chi connectivity index (χ3n) is 17.0. The van der Waals surface area contributed by atoms with Gasteiger partial charge in [0.2, 0.25) is 0 Å². The third-order valence-corrected chi connectivity index (χ3v) is 17.0. The number of anilines is 9. The Bertz CT molecular complexity index is 3600. The van der Waals surface area contributed by atoms with Crippen molar-refractivity contribution < 1.29 is 4.42 Å². The van der Waals surface area contributed by atoms with Gasteiger partial charge in [0.15, 0.2) is 0 Å². The first kappa shape index (κ1) is 43.1. The van der Waals surface area contributed by atoms with E-state index in [-0.39, 0.29) is 28.4 Å². The summed E-state index contributed by atoms with van der Waals surface area (Å²) in [6, 6.07) is 59.5. The number of rotatable bonds is 5. The zero-order valence-corrected chi connectivity index (χ0v) is 42.5. The number of para-hydroxylation sites is 3. The largest absolute Gasteiger partial charge is 0.456 e. The van der Waals surface area contributed by atoms with Crippen molar-refractivity contribution in [1.82, 2.24) is 0 Å². The number of hydrogen-bond donors (Lipinski definition) is 0. The molecule has 2 aliphatic carbocycles. The maximum atomic E-state index is 6.66. The van der Waals surface area contributed by atoms with Crippen molar-refractivity contribution in [2.45, 2.75) is 110 Å². The molecule has 9 aromatic rings. The van der Waals surface area contributed by atoms with E-state index in [0.29, 0.717) is 0 Å². The van der Waals surface area contributed by atoms with Gasteiger partial charge in [-0.05, 0) is 189 Å². The van der Waals surface area contributed by atoms with Crippen LogP contribution in [0.5, 0.6) is 0 Å². The molecule has 346 valence electrons. The molecule has 1 aromatic heterocycles. The van der Waals surface area contributed by atoms with E-state index in [1.165, 1.54) is 84.6 Å². The fourth-order valence-electron chi connectivity index (χ4n) is 13.7.